The number of halogens is 1. The van der Waals surface area contributed by atoms with Crippen molar-refractivity contribution < 1.29 is 0 Å². The molecule has 0 unspecified atom stereocenters. The number of hydrogen-bond donors (Lipinski definition) is 0. The molecule has 4 aromatic rings. The standard InChI is InChI=1S/C21H13I/c22-16-7-10-17-14(12-16)5-9-20-19(17)8-6-15-11-13-3-1-2-4-18(13)21(15)20/h1-10,12H,11H2. The lowest BCUT2D eigenvalue weighted by Gasteiger charge is -2.10. The van der Waals surface area contributed by atoms with Gasteiger partial charge in [0.2, 0.25) is 0 Å². The summed E-state index contributed by atoms with van der Waals surface area (Å²) >= 11 is 2.38. The molecule has 0 fully saturated rings. The molecular formula is C21H13I. The fraction of sp³-hybridized carbons (Fsp3) is 0.0476. The first-order valence-corrected chi connectivity index (χ1v) is 8.61. The van der Waals surface area contributed by atoms with Crippen molar-refractivity contribution in [1.29, 1.82) is 0 Å². The van der Waals surface area contributed by atoms with Crippen molar-refractivity contribution in [2.45, 2.75) is 6.42 Å². The highest BCUT2D eigenvalue weighted by Gasteiger charge is 2.20. The minimum Gasteiger partial charge on any atom is -0.0619 e. The summed E-state index contributed by atoms with van der Waals surface area (Å²) in [6.45, 7) is 0. The SMILES string of the molecule is Ic1ccc2c(ccc3c4c(ccc32)Cc2ccccc2-4)c1. The second-order valence-electron chi connectivity index (χ2n) is 5.96. The van der Waals surface area contributed by atoms with Crippen LogP contribution in [0, 0.1) is 3.57 Å². The van der Waals surface area contributed by atoms with Gasteiger partial charge in [-0.3, -0.25) is 0 Å². The van der Waals surface area contributed by atoms with Gasteiger partial charge in [0, 0.05) is 3.57 Å². The van der Waals surface area contributed by atoms with E-state index in [1.54, 1.807) is 0 Å². The minimum atomic E-state index is 1.06. The summed E-state index contributed by atoms with van der Waals surface area (Å²) in [4.78, 5) is 0. The molecule has 4 aromatic carbocycles. The van der Waals surface area contributed by atoms with Gasteiger partial charge >= 0.3 is 0 Å². The summed E-state index contributed by atoms with van der Waals surface area (Å²) in [7, 11) is 0. The van der Waals surface area contributed by atoms with Gasteiger partial charge in [-0.1, -0.05) is 54.6 Å². The maximum absolute atomic E-state index is 2.38. The van der Waals surface area contributed by atoms with Crippen LogP contribution in [0.5, 0.6) is 0 Å². The highest BCUT2D eigenvalue weighted by atomic mass is 127. The van der Waals surface area contributed by atoms with Gasteiger partial charge in [-0.2, -0.15) is 0 Å². The fourth-order valence-corrected chi connectivity index (χ4v) is 4.27. The first-order valence-electron chi connectivity index (χ1n) is 7.53. The van der Waals surface area contributed by atoms with Gasteiger partial charge in [-0.15, -0.1) is 0 Å². The van der Waals surface area contributed by atoms with Crippen LogP contribution in [0.1, 0.15) is 11.1 Å². The summed E-state index contributed by atoms with van der Waals surface area (Å²) in [5.41, 5.74) is 5.76. The molecule has 0 saturated carbocycles. The van der Waals surface area contributed by atoms with Crippen molar-refractivity contribution in [1.82, 2.24) is 0 Å². The largest absolute Gasteiger partial charge is 0.0619 e. The van der Waals surface area contributed by atoms with Crippen molar-refractivity contribution in [3.05, 3.63) is 81.4 Å². The monoisotopic (exact) mass is 392 g/mol. The van der Waals surface area contributed by atoms with Crippen molar-refractivity contribution in [2.24, 2.45) is 0 Å². The Bertz CT molecular complexity index is 1060. The normalized spacial score (nSPS) is 12.6. The molecule has 0 spiro atoms. The summed E-state index contributed by atoms with van der Waals surface area (Å²) in [5, 5.41) is 5.43. The second kappa shape index (κ2) is 4.56. The average Bonchev–Trinajstić information content (AvgIpc) is 2.93. The van der Waals surface area contributed by atoms with E-state index < -0.39 is 0 Å². The predicted molar refractivity (Wildman–Crippen MR) is 102 cm³/mol. The molecule has 0 aliphatic heterocycles. The van der Waals surface area contributed by atoms with E-state index in [9.17, 15) is 0 Å². The Morgan fingerprint density at radius 2 is 1.50 bits per heavy atom. The third kappa shape index (κ3) is 1.69. The second-order valence-corrected chi connectivity index (χ2v) is 7.21. The molecule has 0 saturated heterocycles. The molecule has 1 aliphatic carbocycles. The Morgan fingerprint density at radius 1 is 0.682 bits per heavy atom. The first-order chi connectivity index (χ1) is 10.8. The lowest BCUT2D eigenvalue weighted by molar-refractivity contribution is 1.27. The molecule has 5 rings (SSSR count). The first kappa shape index (κ1) is 12.7. The van der Waals surface area contributed by atoms with Crippen molar-refractivity contribution in [3.63, 3.8) is 0 Å². The summed E-state index contributed by atoms with van der Waals surface area (Å²) in [5.74, 6) is 0. The molecule has 104 valence electrons. The van der Waals surface area contributed by atoms with Crippen LogP contribution in [0.4, 0.5) is 0 Å². The van der Waals surface area contributed by atoms with E-state index >= 15 is 0 Å². The Hall–Kier alpha value is -1.87. The number of benzene rings is 4. The summed E-state index contributed by atoms with van der Waals surface area (Å²) < 4.78 is 1.29. The smallest absolute Gasteiger partial charge is 0.0136 e. The molecular weight excluding hydrogens is 379 g/mol. The summed E-state index contributed by atoms with van der Waals surface area (Å²) in [6, 6.07) is 24.7. The molecule has 0 radical (unpaired) electrons. The van der Waals surface area contributed by atoms with Crippen LogP contribution in [0.15, 0.2) is 66.7 Å². The molecule has 0 atom stereocenters. The zero-order valence-electron chi connectivity index (χ0n) is 11.9. The number of rotatable bonds is 0. The third-order valence-electron chi connectivity index (χ3n) is 4.73. The number of fused-ring (bicyclic) bond motifs is 7. The molecule has 0 aromatic heterocycles. The molecule has 0 bridgehead atoms. The van der Waals surface area contributed by atoms with Crippen LogP contribution in [0.2, 0.25) is 0 Å². The van der Waals surface area contributed by atoms with Gasteiger partial charge < -0.3 is 0 Å². The van der Waals surface area contributed by atoms with Crippen LogP contribution in [-0.2, 0) is 6.42 Å². The topological polar surface area (TPSA) is 0 Å². The van der Waals surface area contributed by atoms with E-state index in [1.165, 1.54) is 47.4 Å². The number of hydrogen-bond acceptors (Lipinski definition) is 0. The lowest BCUT2D eigenvalue weighted by atomic mass is 9.94. The molecule has 0 nitrogen and oxygen atoms in total. The van der Waals surface area contributed by atoms with Crippen LogP contribution < -0.4 is 0 Å². The quantitative estimate of drug-likeness (QED) is 0.218. The van der Waals surface area contributed by atoms with Gasteiger partial charge in [0.25, 0.3) is 0 Å². The van der Waals surface area contributed by atoms with E-state index in [2.05, 4.69) is 89.3 Å². The van der Waals surface area contributed by atoms with Gasteiger partial charge in [0.05, 0.1) is 0 Å². The van der Waals surface area contributed by atoms with Crippen LogP contribution in [0.25, 0.3) is 32.7 Å². The zero-order chi connectivity index (χ0) is 14.7. The van der Waals surface area contributed by atoms with Crippen LogP contribution in [0.3, 0.4) is 0 Å². The average molecular weight is 392 g/mol. The molecule has 0 heterocycles. The summed E-state index contributed by atoms with van der Waals surface area (Å²) in [6.07, 6.45) is 1.06. The maximum atomic E-state index is 2.38. The molecule has 1 aliphatic rings. The Labute approximate surface area is 142 Å². The highest BCUT2D eigenvalue weighted by Crippen LogP contribution is 2.42. The van der Waals surface area contributed by atoms with E-state index in [0.717, 1.165) is 6.42 Å². The minimum absolute atomic E-state index is 1.06. The predicted octanol–water partition coefficient (Wildman–Crippen LogP) is 6.17. The van der Waals surface area contributed by atoms with Crippen LogP contribution in [-0.4, -0.2) is 0 Å². The Morgan fingerprint density at radius 3 is 2.45 bits per heavy atom. The maximum Gasteiger partial charge on any atom is 0.0136 e. The van der Waals surface area contributed by atoms with E-state index in [4.69, 9.17) is 0 Å². The van der Waals surface area contributed by atoms with E-state index in [1.807, 2.05) is 0 Å². The Balaban J connectivity index is 1.94. The van der Waals surface area contributed by atoms with Crippen molar-refractivity contribution in [3.8, 4) is 11.1 Å². The van der Waals surface area contributed by atoms with Crippen LogP contribution >= 0.6 is 22.6 Å². The lowest BCUT2D eigenvalue weighted by Crippen LogP contribution is -1.85. The van der Waals surface area contributed by atoms with Gasteiger partial charge in [0.1, 0.15) is 0 Å². The molecule has 22 heavy (non-hydrogen) atoms. The van der Waals surface area contributed by atoms with Gasteiger partial charge in [-0.05, 0) is 84.9 Å². The third-order valence-corrected chi connectivity index (χ3v) is 5.40. The van der Waals surface area contributed by atoms with Gasteiger partial charge in [0.15, 0.2) is 0 Å². The van der Waals surface area contributed by atoms with Crippen molar-refractivity contribution in [2.75, 3.05) is 0 Å². The molecule has 1 heteroatoms. The molecule has 0 N–H and O–H groups in total. The zero-order valence-corrected chi connectivity index (χ0v) is 14.1. The van der Waals surface area contributed by atoms with Crippen molar-refractivity contribution >= 4 is 44.1 Å². The van der Waals surface area contributed by atoms with Gasteiger partial charge in [-0.25, -0.2) is 0 Å². The Kier molecular flexibility index (Phi) is 2.62. The molecule has 0 amide bonds. The van der Waals surface area contributed by atoms with E-state index in [-0.39, 0.29) is 0 Å². The highest BCUT2D eigenvalue weighted by molar-refractivity contribution is 14.1. The fourth-order valence-electron chi connectivity index (χ4n) is 3.75. The van der Waals surface area contributed by atoms with E-state index in [0.29, 0.717) is 0 Å².